The summed E-state index contributed by atoms with van der Waals surface area (Å²) >= 11 is 0. The first-order chi connectivity index (χ1) is 9.77. The van der Waals surface area contributed by atoms with Crippen molar-refractivity contribution in [3.05, 3.63) is 12.2 Å². The summed E-state index contributed by atoms with van der Waals surface area (Å²) in [5, 5.41) is 8.50. The maximum atomic E-state index is 10.3. The fraction of sp³-hybridized carbons (Fsp3) is 0.722. The average Bonchev–Trinajstić information content (AvgIpc) is 2.43. The third-order valence-corrected chi connectivity index (χ3v) is 3.18. The lowest BCUT2D eigenvalue weighted by Gasteiger charge is -1.97. The highest BCUT2D eigenvalue weighted by Gasteiger charge is 1.95. The van der Waals surface area contributed by atoms with Gasteiger partial charge in [0.05, 0.1) is 0 Å². The van der Waals surface area contributed by atoms with Gasteiger partial charge >= 0.3 is 5.97 Å². The predicted molar refractivity (Wildman–Crippen MR) is 85.6 cm³/mol. The van der Waals surface area contributed by atoms with Crippen LogP contribution in [0.15, 0.2) is 12.2 Å². The first-order valence-electron chi connectivity index (χ1n) is 8.10. The van der Waals surface area contributed by atoms with Gasteiger partial charge in [-0.2, -0.15) is 0 Å². The molecule has 0 saturated heterocycles. The van der Waals surface area contributed by atoms with E-state index in [1.807, 2.05) is 0 Å². The number of hydrogen-bond acceptors (Lipinski definition) is 1. The number of aliphatic carboxylic acids is 1. The molecule has 0 unspecified atom stereocenters. The molecule has 0 aliphatic carbocycles. The Bertz CT molecular complexity index is 307. The molecule has 0 aromatic carbocycles. The van der Waals surface area contributed by atoms with Crippen LogP contribution in [0.5, 0.6) is 0 Å². The molecule has 0 atom stereocenters. The Labute approximate surface area is 124 Å². The van der Waals surface area contributed by atoms with E-state index in [0.717, 1.165) is 38.5 Å². The van der Waals surface area contributed by atoms with Gasteiger partial charge in [-0.3, -0.25) is 4.79 Å². The van der Waals surface area contributed by atoms with Crippen LogP contribution < -0.4 is 0 Å². The molecule has 0 aliphatic heterocycles. The van der Waals surface area contributed by atoms with E-state index in [-0.39, 0.29) is 0 Å². The van der Waals surface area contributed by atoms with Gasteiger partial charge in [-0.05, 0) is 25.7 Å². The number of unbranched alkanes of at least 4 members (excludes halogenated alkanes) is 8. The van der Waals surface area contributed by atoms with Gasteiger partial charge in [-0.1, -0.05) is 57.1 Å². The van der Waals surface area contributed by atoms with E-state index in [0.29, 0.717) is 6.42 Å². The van der Waals surface area contributed by atoms with E-state index in [9.17, 15) is 4.79 Å². The summed E-state index contributed by atoms with van der Waals surface area (Å²) in [6.45, 7) is 2.21. The molecule has 20 heavy (non-hydrogen) atoms. The van der Waals surface area contributed by atoms with Crippen molar-refractivity contribution in [3.63, 3.8) is 0 Å². The predicted octanol–water partition coefficient (Wildman–Crippen LogP) is 5.33. The molecule has 0 aromatic rings. The third kappa shape index (κ3) is 16.8. The van der Waals surface area contributed by atoms with Crippen LogP contribution in [-0.2, 0) is 4.79 Å². The summed E-state index contributed by atoms with van der Waals surface area (Å²) in [5.41, 5.74) is 0. The van der Waals surface area contributed by atoms with Gasteiger partial charge in [-0.25, -0.2) is 0 Å². The van der Waals surface area contributed by atoms with E-state index in [4.69, 9.17) is 5.11 Å². The Morgan fingerprint density at radius 3 is 2.45 bits per heavy atom. The fourth-order valence-corrected chi connectivity index (χ4v) is 1.95. The van der Waals surface area contributed by atoms with Crippen LogP contribution in [0.4, 0.5) is 0 Å². The van der Waals surface area contributed by atoms with Crippen molar-refractivity contribution in [2.45, 2.75) is 84.0 Å². The molecule has 0 aliphatic rings. The second kappa shape index (κ2) is 15.8. The van der Waals surface area contributed by atoms with Gasteiger partial charge < -0.3 is 5.11 Å². The van der Waals surface area contributed by atoms with Crippen LogP contribution in [0.25, 0.3) is 0 Å². The molecule has 0 bridgehead atoms. The van der Waals surface area contributed by atoms with E-state index >= 15 is 0 Å². The molecule has 1 N–H and O–H groups in total. The van der Waals surface area contributed by atoms with Crippen LogP contribution in [0, 0.1) is 11.8 Å². The molecular formula is C18H30O2. The molecule has 0 heterocycles. The second-order valence-corrected chi connectivity index (χ2v) is 5.19. The molecule has 2 nitrogen and oxygen atoms in total. The molecule has 0 amide bonds. The zero-order valence-corrected chi connectivity index (χ0v) is 13.0. The zero-order chi connectivity index (χ0) is 14.9. The highest BCUT2D eigenvalue weighted by molar-refractivity contribution is 5.66. The van der Waals surface area contributed by atoms with Crippen molar-refractivity contribution in [2.24, 2.45) is 0 Å². The number of rotatable bonds is 12. The Kier molecular flexibility index (Phi) is 14.9. The smallest absolute Gasteiger partial charge is 0.303 e. The van der Waals surface area contributed by atoms with Crippen LogP contribution in [0.2, 0.25) is 0 Å². The van der Waals surface area contributed by atoms with Crippen molar-refractivity contribution in [1.29, 1.82) is 0 Å². The highest BCUT2D eigenvalue weighted by Crippen LogP contribution is 2.07. The van der Waals surface area contributed by atoms with Gasteiger partial charge in [-0.15, -0.1) is 5.92 Å². The molecule has 2 heteroatoms. The van der Waals surface area contributed by atoms with Gasteiger partial charge in [0.1, 0.15) is 0 Å². The number of allylic oxidation sites excluding steroid dienone is 2. The van der Waals surface area contributed by atoms with Crippen molar-refractivity contribution < 1.29 is 9.90 Å². The summed E-state index contributed by atoms with van der Waals surface area (Å²) in [6, 6.07) is 0. The lowest BCUT2D eigenvalue weighted by Crippen LogP contribution is -1.93. The molecule has 0 aromatic heterocycles. The first kappa shape index (κ1) is 18.8. The van der Waals surface area contributed by atoms with Crippen molar-refractivity contribution >= 4 is 5.97 Å². The van der Waals surface area contributed by atoms with Crippen LogP contribution in [0.1, 0.15) is 84.0 Å². The summed E-state index contributed by atoms with van der Waals surface area (Å²) in [6.07, 6.45) is 16.9. The largest absolute Gasteiger partial charge is 0.481 e. The van der Waals surface area contributed by atoms with Crippen molar-refractivity contribution in [2.75, 3.05) is 0 Å². The Balaban J connectivity index is 3.21. The Morgan fingerprint density at radius 2 is 1.70 bits per heavy atom. The molecule has 0 radical (unpaired) electrons. The summed E-state index contributed by atoms with van der Waals surface area (Å²) < 4.78 is 0. The lowest BCUT2D eigenvalue weighted by molar-refractivity contribution is -0.137. The standard InChI is InChI=1S/C18H30O2/c1-2-3-4-5-6-7-8-9-10-11-12-13-14-15-16-17-18(19)20/h9-10H,2-5,8,11-17H2,1H3,(H,19,20). The molecule has 0 spiro atoms. The topological polar surface area (TPSA) is 37.3 Å². The van der Waals surface area contributed by atoms with Crippen molar-refractivity contribution in [1.82, 2.24) is 0 Å². The molecular weight excluding hydrogens is 248 g/mol. The second-order valence-electron chi connectivity index (χ2n) is 5.19. The molecule has 0 rings (SSSR count). The van der Waals surface area contributed by atoms with Gasteiger partial charge in [0.2, 0.25) is 0 Å². The maximum Gasteiger partial charge on any atom is 0.303 e. The lowest BCUT2D eigenvalue weighted by atomic mass is 10.1. The monoisotopic (exact) mass is 278 g/mol. The van der Waals surface area contributed by atoms with Gasteiger partial charge in [0.25, 0.3) is 0 Å². The quantitative estimate of drug-likeness (QED) is 0.297. The maximum absolute atomic E-state index is 10.3. The van der Waals surface area contributed by atoms with Gasteiger partial charge in [0.15, 0.2) is 0 Å². The minimum Gasteiger partial charge on any atom is -0.481 e. The van der Waals surface area contributed by atoms with Crippen LogP contribution in [-0.4, -0.2) is 11.1 Å². The Hall–Kier alpha value is -1.23. The van der Waals surface area contributed by atoms with Crippen molar-refractivity contribution in [3.8, 4) is 11.8 Å². The number of carboxylic acid groups (broad SMARTS) is 1. The number of carboxylic acids is 1. The average molecular weight is 278 g/mol. The van der Waals surface area contributed by atoms with E-state index in [1.165, 1.54) is 32.1 Å². The Morgan fingerprint density at radius 1 is 0.950 bits per heavy atom. The SMILES string of the molecule is CCCCCC#CCC=CCCCCCCCC(=O)O. The highest BCUT2D eigenvalue weighted by atomic mass is 16.4. The number of carbonyl (C=O) groups is 1. The summed E-state index contributed by atoms with van der Waals surface area (Å²) in [5.74, 6) is 5.71. The van der Waals surface area contributed by atoms with Gasteiger partial charge in [0, 0.05) is 19.3 Å². The van der Waals surface area contributed by atoms with Crippen LogP contribution >= 0.6 is 0 Å². The third-order valence-electron chi connectivity index (χ3n) is 3.18. The van der Waals surface area contributed by atoms with Crippen LogP contribution in [0.3, 0.4) is 0 Å². The molecule has 0 saturated carbocycles. The molecule has 114 valence electrons. The fourth-order valence-electron chi connectivity index (χ4n) is 1.95. The van der Waals surface area contributed by atoms with E-state index < -0.39 is 5.97 Å². The first-order valence-corrected chi connectivity index (χ1v) is 8.10. The van der Waals surface area contributed by atoms with E-state index in [1.54, 1.807) is 0 Å². The van der Waals surface area contributed by atoms with E-state index in [2.05, 4.69) is 30.9 Å². The minimum absolute atomic E-state index is 0.316. The molecule has 0 fully saturated rings. The number of hydrogen-bond donors (Lipinski definition) is 1. The minimum atomic E-state index is -0.677. The summed E-state index contributed by atoms with van der Waals surface area (Å²) in [4.78, 5) is 10.3. The zero-order valence-electron chi connectivity index (χ0n) is 13.0. The normalized spacial score (nSPS) is 10.4. The summed E-state index contributed by atoms with van der Waals surface area (Å²) in [7, 11) is 0.